The number of hydrogen-bond acceptors (Lipinski definition) is 2. The molecule has 0 spiro atoms. The zero-order valence-corrected chi connectivity index (χ0v) is 8.26. The topological polar surface area (TPSA) is 72.2 Å². The van der Waals surface area contributed by atoms with Crippen molar-refractivity contribution in [1.82, 2.24) is 0 Å². The fourth-order valence-electron chi connectivity index (χ4n) is 0.913. The third kappa shape index (κ3) is 2.47. The van der Waals surface area contributed by atoms with Crippen molar-refractivity contribution < 1.29 is 9.59 Å². The molecule has 1 aromatic rings. The molecule has 0 aliphatic heterocycles. The van der Waals surface area contributed by atoms with E-state index in [0.717, 1.165) is 5.56 Å². The number of primary amides is 1. The Hall–Kier alpha value is -1.55. The van der Waals surface area contributed by atoms with E-state index in [9.17, 15) is 9.59 Å². The van der Waals surface area contributed by atoms with E-state index in [1.807, 2.05) is 0 Å². The minimum atomic E-state index is -1.02. The van der Waals surface area contributed by atoms with Crippen molar-refractivity contribution in [2.45, 2.75) is 6.92 Å². The Bertz CT molecular complexity index is 390. The molecular formula is C9H9ClN2O2. The van der Waals surface area contributed by atoms with E-state index in [1.165, 1.54) is 0 Å². The van der Waals surface area contributed by atoms with Crippen LogP contribution in [0.2, 0.25) is 5.02 Å². The maximum atomic E-state index is 10.9. The number of nitrogens with one attached hydrogen (secondary N) is 1. The summed E-state index contributed by atoms with van der Waals surface area (Å²) in [6.07, 6.45) is 0. The standard InChI is InChI=1S/C9H9ClN2O2/c1-5-2-3-6(10)4-7(5)12-9(14)8(11)13/h2-4H,1H3,(H2,11,13)(H,12,14). The molecule has 0 aliphatic rings. The minimum Gasteiger partial charge on any atom is -0.361 e. The van der Waals surface area contributed by atoms with Crippen LogP contribution >= 0.6 is 11.6 Å². The van der Waals surface area contributed by atoms with Gasteiger partial charge in [0.25, 0.3) is 0 Å². The lowest BCUT2D eigenvalue weighted by Gasteiger charge is -2.06. The highest BCUT2D eigenvalue weighted by atomic mass is 35.5. The van der Waals surface area contributed by atoms with Gasteiger partial charge in [-0.05, 0) is 24.6 Å². The van der Waals surface area contributed by atoms with Crippen molar-refractivity contribution in [2.75, 3.05) is 5.32 Å². The molecule has 4 nitrogen and oxygen atoms in total. The molecule has 14 heavy (non-hydrogen) atoms. The average molecular weight is 213 g/mol. The molecule has 2 amide bonds. The van der Waals surface area contributed by atoms with E-state index in [-0.39, 0.29) is 0 Å². The number of carbonyl (C=O) groups excluding carboxylic acids is 2. The molecule has 5 heteroatoms. The highest BCUT2D eigenvalue weighted by molar-refractivity contribution is 6.39. The summed E-state index contributed by atoms with van der Waals surface area (Å²) in [6, 6.07) is 4.98. The first-order valence-electron chi connectivity index (χ1n) is 3.87. The van der Waals surface area contributed by atoms with Gasteiger partial charge in [0.2, 0.25) is 0 Å². The lowest BCUT2D eigenvalue weighted by atomic mass is 10.2. The quantitative estimate of drug-likeness (QED) is 0.684. The van der Waals surface area contributed by atoms with Crippen molar-refractivity contribution in [3.8, 4) is 0 Å². The molecule has 0 bridgehead atoms. The van der Waals surface area contributed by atoms with Crippen molar-refractivity contribution in [1.29, 1.82) is 0 Å². The number of hydrogen-bond donors (Lipinski definition) is 2. The molecule has 0 aliphatic carbocycles. The van der Waals surface area contributed by atoms with Crippen LogP contribution in [0.1, 0.15) is 5.56 Å². The number of halogens is 1. The number of carbonyl (C=O) groups is 2. The summed E-state index contributed by atoms with van der Waals surface area (Å²) in [6.45, 7) is 1.78. The van der Waals surface area contributed by atoms with E-state index in [2.05, 4.69) is 5.32 Å². The summed E-state index contributed by atoms with van der Waals surface area (Å²) in [5, 5.41) is 2.83. The molecule has 0 saturated carbocycles. The van der Waals surface area contributed by atoms with Gasteiger partial charge < -0.3 is 11.1 Å². The molecular weight excluding hydrogens is 204 g/mol. The molecule has 0 heterocycles. The van der Waals surface area contributed by atoms with Gasteiger partial charge in [0.15, 0.2) is 0 Å². The largest absolute Gasteiger partial charge is 0.361 e. The van der Waals surface area contributed by atoms with Gasteiger partial charge in [-0.25, -0.2) is 0 Å². The molecule has 0 unspecified atom stereocenters. The first-order chi connectivity index (χ1) is 6.50. The zero-order valence-electron chi connectivity index (χ0n) is 7.50. The van der Waals surface area contributed by atoms with E-state index < -0.39 is 11.8 Å². The molecule has 1 aromatic carbocycles. The molecule has 74 valence electrons. The van der Waals surface area contributed by atoms with Crippen LogP contribution < -0.4 is 11.1 Å². The van der Waals surface area contributed by atoms with Crippen molar-refractivity contribution in [2.24, 2.45) is 5.73 Å². The Kier molecular flexibility index (Phi) is 3.09. The van der Waals surface area contributed by atoms with Gasteiger partial charge in [-0.2, -0.15) is 0 Å². The first-order valence-corrected chi connectivity index (χ1v) is 4.25. The lowest BCUT2D eigenvalue weighted by Crippen LogP contribution is -2.29. The highest BCUT2D eigenvalue weighted by Gasteiger charge is 2.10. The number of nitrogens with two attached hydrogens (primary N) is 1. The summed E-state index contributed by atoms with van der Waals surface area (Å²) in [5.41, 5.74) is 6.08. The Morgan fingerprint density at radius 3 is 2.64 bits per heavy atom. The molecule has 0 atom stereocenters. The van der Waals surface area contributed by atoms with Gasteiger partial charge in [0.05, 0.1) is 0 Å². The first kappa shape index (κ1) is 10.5. The smallest absolute Gasteiger partial charge is 0.313 e. The Labute approximate surface area is 86.0 Å². The molecule has 3 N–H and O–H groups in total. The Morgan fingerprint density at radius 1 is 1.43 bits per heavy atom. The molecule has 0 fully saturated rings. The van der Waals surface area contributed by atoms with Crippen LogP contribution in [0.5, 0.6) is 0 Å². The van der Waals surface area contributed by atoms with Crippen LogP contribution in [-0.2, 0) is 9.59 Å². The van der Waals surface area contributed by atoms with E-state index in [1.54, 1.807) is 25.1 Å². The summed E-state index contributed by atoms with van der Waals surface area (Å²) in [7, 11) is 0. The van der Waals surface area contributed by atoms with Crippen LogP contribution in [0, 0.1) is 6.92 Å². The van der Waals surface area contributed by atoms with Crippen LogP contribution in [-0.4, -0.2) is 11.8 Å². The minimum absolute atomic E-state index is 0.482. The van der Waals surface area contributed by atoms with Gasteiger partial charge in [0.1, 0.15) is 0 Å². The van der Waals surface area contributed by atoms with Crippen molar-refractivity contribution in [3.63, 3.8) is 0 Å². The third-order valence-electron chi connectivity index (χ3n) is 1.67. The average Bonchev–Trinajstić information content (AvgIpc) is 2.11. The van der Waals surface area contributed by atoms with E-state index in [4.69, 9.17) is 17.3 Å². The van der Waals surface area contributed by atoms with Crippen molar-refractivity contribution >= 4 is 29.1 Å². The maximum absolute atomic E-state index is 10.9. The second-order valence-electron chi connectivity index (χ2n) is 2.78. The van der Waals surface area contributed by atoms with Crippen LogP contribution in [0.3, 0.4) is 0 Å². The number of aryl methyl sites for hydroxylation is 1. The van der Waals surface area contributed by atoms with Gasteiger partial charge in [-0.3, -0.25) is 9.59 Å². The second kappa shape index (κ2) is 4.11. The monoisotopic (exact) mass is 212 g/mol. The van der Waals surface area contributed by atoms with Crippen molar-refractivity contribution in [3.05, 3.63) is 28.8 Å². The number of benzene rings is 1. The summed E-state index contributed by atoms with van der Waals surface area (Å²) in [5.74, 6) is -1.88. The summed E-state index contributed by atoms with van der Waals surface area (Å²) >= 11 is 5.71. The highest BCUT2D eigenvalue weighted by Crippen LogP contribution is 2.19. The molecule has 0 radical (unpaired) electrons. The lowest BCUT2D eigenvalue weighted by molar-refractivity contribution is -0.134. The predicted octanol–water partition coefficient (Wildman–Crippen LogP) is 1.07. The Morgan fingerprint density at radius 2 is 2.07 bits per heavy atom. The van der Waals surface area contributed by atoms with Crippen LogP contribution in [0.15, 0.2) is 18.2 Å². The van der Waals surface area contributed by atoms with E-state index in [0.29, 0.717) is 10.7 Å². The van der Waals surface area contributed by atoms with Gasteiger partial charge in [-0.1, -0.05) is 17.7 Å². The van der Waals surface area contributed by atoms with Gasteiger partial charge in [-0.15, -0.1) is 0 Å². The zero-order chi connectivity index (χ0) is 10.7. The predicted molar refractivity (Wildman–Crippen MR) is 54.0 cm³/mol. The van der Waals surface area contributed by atoms with Crippen LogP contribution in [0.25, 0.3) is 0 Å². The summed E-state index contributed by atoms with van der Waals surface area (Å²) in [4.78, 5) is 21.4. The number of anilines is 1. The number of amides is 2. The fraction of sp³-hybridized carbons (Fsp3) is 0.111. The number of rotatable bonds is 1. The van der Waals surface area contributed by atoms with Gasteiger partial charge >= 0.3 is 11.8 Å². The normalized spacial score (nSPS) is 9.57. The van der Waals surface area contributed by atoms with Gasteiger partial charge in [0, 0.05) is 10.7 Å². The third-order valence-corrected chi connectivity index (χ3v) is 1.91. The fourth-order valence-corrected chi connectivity index (χ4v) is 1.08. The van der Waals surface area contributed by atoms with E-state index >= 15 is 0 Å². The molecule has 1 rings (SSSR count). The second-order valence-corrected chi connectivity index (χ2v) is 3.21. The molecule has 0 saturated heterocycles. The molecule has 0 aromatic heterocycles. The Balaban J connectivity index is 2.91. The maximum Gasteiger partial charge on any atom is 0.313 e. The SMILES string of the molecule is Cc1ccc(Cl)cc1NC(=O)C(N)=O. The van der Waals surface area contributed by atoms with Crippen LogP contribution in [0.4, 0.5) is 5.69 Å². The summed E-state index contributed by atoms with van der Waals surface area (Å²) < 4.78 is 0.